The van der Waals surface area contributed by atoms with Crippen LogP contribution < -0.4 is 5.73 Å². The van der Waals surface area contributed by atoms with Crippen LogP contribution in [0.25, 0.3) is 10.8 Å². The fraction of sp³-hybridized carbons (Fsp3) is 0.154. The van der Waals surface area contributed by atoms with Gasteiger partial charge in [0.2, 0.25) is 5.91 Å². The molecule has 4 heteroatoms. The van der Waals surface area contributed by atoms with E-state index >= 15 is 0 Å². The third-order valence-corrected chi connectivity index (χ3v) is 3.73. The summed E-state index contributed by atoms with van der Waals surface area (Å²) in [4.78, 5) is 11.0. The summed E-state index contributed by atoms with van der Waals surface area (Å²) in [7, 11) is 0. The van der Waals surface area contributed by atoms with Crippen molar-refractivity contribution < 1.29 is 4.79 Å². The second-order valence-electron chi connectivity index (χ2n) is 3.83. The Kier molecular flexibility index (Phi) is 3.69. The van der Waals surface area contributed by atoms with Gasteiger partial charge in [0, 0.05) is 4.47 Å². The van der Waals surface area contributed by atoms with Gasteiger partial charge >= 0.3 is 0 Å². The standard InChI is InChI=1S/C13H11BrClNO/c14-11-6-5-8(7-12(15)13(16)17)9-3-1-2-4-10(9)11/h1-6,12H,7H2,(H2,16,17). The van der Waals surface area contributed by atoms with Gasteiger partial charge in [0.05, 0.1) is 0 Å². The predicted octanol–water partition coefficient (Wildman–Crippen LogP) is 3.24. The van der Waals surface area contributed by atoms with E-state index in [4.69, 9.17) is 17.3 Å². The zero-order chi connectivity index (χ0) is 12.4. The van der Waals surface area contributed by atoms with Crippen LogP contribution in [0.3, 0.4) is 0 Å². The van der Waals surface area contributed by atoms with Gasteiger partial charge in [0.1, 0.15) is 5.38 Å². The second-order valence-corrected chi connectivity index (χ2v) is 5.21. The molecule has 0 aromatic heterocycles. The van der Waals surface area contributed by atoms with E-state index in [-0.39, 0.29) is 0 Å². The lowest BCUT2D eigenvalue weighted by Gasteiger charge is -2.10. The quantitative estimate of drug-likeness (QED) is 0.869. The highest BCUT2D eigenvalue weighted by molar-refractivity contribution is 9.10. The minimum absolute atomic E-state index is 0.449. The van der Waals surface area contributed by atoms with E-state index in [1.807, 2.05) is 36.4 Å². The average Bonchev–Trinajstić information content (AvgIpc) is 2.33. The van der Waals surface area contributed by atoms with Crippen molar-refractivity contribution in [3.05, 3.63) is 46.4 Å². The Labute approximate surface area is 113 Å². The number of benzene rings is 2. The van der Waals surface area contributed by atoms with Crippen molar-refractivity contribution in [1.29, 1.82) is 0 Å². The highest BCUT2D eigenvalue weighted by atomic mass is 79.9. The van der Waals surface area contributed by atoms with Crippen LogP contribution in [0.2, 0.25) is 0 Å². The maximum Gasteiger partial charge on any atom is 0.235 e. The van der Waals surface area contributed by atoms with Crippen LogP contribution in [0.15, 0.2) is 40.9 Å². The van der Waals surface area contributed by atoms with Crippen LogP contribution in [0.1, 0.15) is 5.56 Å². The summed E-state index contributed by atoms with van der Waals surface area (Å²) >= 11 is 9.41. The first-order valence-corrected chi connectivity index (χ1v) is 6.42. The molecule has 0 radical (unpaired) electrons. The zero-order valence-electron chi connectivity index (χ0n) is 8.99. The fourth-order valence-electron chi connectivity index (χ4n) is 1.80. The van der Waals surface area contributed by atoms with Crippen molar-refractivity contribution in [3.8, 4) is 0 Å². The third-order valence-electron chi connectivity index (χ3n) is 2.67. The fourth-order valence-corrected chi connectivity index (χ4v) is 2.44. The van der Waals surface area contributed by atoms with Gasteiger partial charge in [-0.3, -0.25) is 4.79 Å². The maximum absolute atomic E-state index is 11.0. The Hall–Kier alpha value is -1.06. The molecular weight excluding hydrogens is 302 g/mol. The van der Waals surface area contributed by atoms with Gasteiger partial charge < -0.3 is 5.73 Å². The molecule has 1 amide bonds. The minimum atomic E-state index is -0.667. The van der Waals surface area contributed by atoms with Crippen LogP contribution in [0.5, 0.6) is 0 Å². The van der Waals surface area contributed by atoms with Crippen molar-refractivity contribution in [2.45, 2.75) is 11.8 Å². The number of alkyl halides is 1. The molecule has 2 aromatic rings. The van der Waals surface area contributed by atoms with Gasteiger partial charge in [-0.05, 0) is 28.8 Å². The summed E-state index contributed by atoms with van der Waals surface area (Å²) in [6.45, 7) is 0. The van der Waals surface area contributed by atoms with Crippen LogP contribution in [-0.2, 0) is 11.2 Å². The molecule has 17 heavy (non-hydrogen) atoms. The lowest BCUT2D eigenvalue weighted by molar-refractivity contribution is -0.117. The molecule has 0 aliphatic carbocycles. The van der Waals surface area contributed by atoms with E-state index in [1.165, 1.54) is 0 Å². The molecule has 0 saturated heterocycles. The highest BCUT2D eigenvalue weighted by Crippen LogP contribution is 2.28. The molecule has 2 N–H and O–H groups in total. The molecule has 0 heterocycles. The van der Waals surface area contributed by atoms with Gasteiger partial charge in [-0.1, -0.05) is 46.3 Å². The summed E-state index contributed by atoms with van der Waals surface area (Å²) in [5, 5.41) is 1.53. The van der Waals surface area contributed by atoms with E-state index < -0.39 is 11.3 Å². The molecule has 88 valence electrons. The van der Waals surface area contributed by atoms with E-state index in [1.54, 1.807) is 0 Å². The van der Waals surface area contributed by atoms with Crippen LogP contribution in [-0.4, -0.2) is 11.3 Å². The number of hydrogen-bond acceptors (Lipinski definition) is 1. The first-order valence-electron chi connectivity index (χ1n) is 5.19. The number of nitrogens with two attached hydrogens (primary N) is 1. The highest BCUT2D eigenvalue weighted by Gasteiger charge is 2.14. The number of carbonyl (C=O) groups excluding carboxylic acids is 1. The Bertz CT molecular complexity index is 570. The monoisotopic (exact) mass is 311 g/mol. The molecule has 0 spiro atoms. The summed E-state index contributed by atoms with van der Waals surface area (Å²) in [6, 6.07) is 11.9. The maximum atomic E-state index is 11.0. The van der Waals surface area contributed by atoms with Gasteiger partial charge in [0.25, 0.3) is 0 Å². The average molecular weight is 313 g/mol. The summed E-state index contributed by atoms with van der Waals surface area (Å²) in [6.07, 6.45) is 0.449. The molecule has 1 atom stereocenters. The molecular formula is C13H11BrClNO. The van der Waals surface area contributed by atoms with Crippen molar-refractivity contribution in [3.63, 3.8) is 0 Å². The predicted molar refractivity (Wildman–Crippen MR) is 74.2 cm³/mol. The van der Waals surface area contributed by atoms with E-state index in [0.29, 0.717) is 6.42 Å². The Morgan fingerprint density at radius 2 is 1.88 bits per heavy atom. The molecule has 2 nitrogen and oxygen atoms in total. The van der Waals surface area contributed by atoms with Gasteiger partial charge in [-0.2, -0.15) is 0 Å². The van der Waals surface area contributed by atoms with Crippen LogP contribution >= 0.6 is 27.5 Å². The first-order chi connectivity index (χ1) is 8.09. The van der Waals surface area contributed by atoms with E-state index in [0.717, 1.165) is 20.8 Å². The number of rotatable bonds is 3. The summed E-state index contributed by atoms with van der Waals surface area (Å²) in [5.74, 6) is -0.487. The van der Waals surface area contributed by atoms with Crippen LogP contribution in [0.4, 0.5) is 0 Å². The van der Waals surface area contributed by atoms with E-state index in [2.05, 4.69) is 15.9 Å². The Balaban J connectivity index is 2.48. The van der Waals surface area contributed by atoms with Gasteiger partial charge in [-0.15, -0.1) is 11.6 Å². The van der Waals surface area contributed by atoms with Crippen molar-refractivity contribution in [2.75, 3.05) is 0 Å². The van der Waals surface area contributed by atoms with Gasteiger partial charge in [-0.25, -0.2) is 0 Å². The largest absolute Gasteiger partial charge is 0.368 e. The van der Waals surface area contributed by atoms with Gasteiger partial charge in [0.15, 0.2) is 0 Å². The molecule has 2 rings (SSSR count). The number of hydrogen-bond donors (Lipinski definition) is 1. The lowest BCUT2D eigenvalue weighted by Crippen LogP contribution is -2.25. The lowest BCUT2D eigenvalue weighted by atomic mass is 10.0. The van der Waals surface area contributed by atoms with Crippen molar-refractivity contribution in [1.82, 2.24) is 0 Å². The first kappa shape index (κ1) is 12.4. The third kappa shape index (κ3) is 2.61. The normalized spacial score (nSPS) is 12.6. The number of fused-ring (bicyclic) bond motifs is 1. The topological polar surface area (TPSA) is 43.1 Å². The number of halogens is 2. The Morgan fingerprint density at radius 1 is 1.24 bits per heavy atom. The molecule has 0 fully saturated rings. The summed E-state index contributed by atoms with van der Waals surface area (Å²) in [5.41, 5.74) is 6.21. The second kappa shape index (κ2) is 5.07. The minimum Gasteiger partial charge on any atom is -0.368 e. The Morgan fingerprint density at radius 3 is 2.53 bits per heavy atom. The molecule has 2 aromatic carbocycles. The smallest absolute Gasteiger partial charge is 0.235 e. The number of amides is 1. The zero-order valence-corrected chi connectivity index (χ0v) is 11.3. The number of carbonyl (C=O) groups is 1. The van der Waals surface area contributed by atoms with Crippen LogP contribution in [0, 0.1) is 0 Å². The molecule has 0 aliphatic heterocycles. The summed E-state index contributed by atoms with van der Waals surface area (Å²) < 4.78 is 1.03. The molecule has 0 saturated carbocycles. The van der Waals surface area contributed by atoms with Crippen molar-refractivity contribution in [2.24, 2.45) is 5.73 Å². The SMILES string of the molecule is NC(=O)C(Cl)Cc1ccc(Br)c2ccccc12. The van der Waals surface area contributed by atoms with Crippen molar-refractivity contribution >= 4 is 44.2 Å². The number of primary amides is 1. The molecule has 0 bridgehead atoms. The molecule has 1 unspecified atom stereocenters. The van der Waals surface area contributed by atoms with E-state index in [9.17, 15) is 4.79 Å². The molecule has 0 aliphatic rings.